The van der Waals surface area contributed by atoms with Crippen LogP contribution in [-0.4, -0.2) is 26.9 Å². The molecule has 0 fully saturated rings. The topological polar surface area (TPSA) is 55.2 Å². The molecule has 0 bridgehead atoms. The highest BCUT2D eigenvalue weighted by Crippen LogP contribution is 2.25. The SMILES string of the molecule is CCCn1c(C(CC)N(CC)C(=O)c2ccccc2)nc2ccccc2c1=O. The molecule has 0 radical (unpaired) electrons. The van der Waals surface area contributed by atoms with Crippen molar-refractivity contribution in [1.29, 1.82) is 0 Å². The minimum atomic E-state index is -0.262. The molecular weight excluding hydrogens is 350 g/mol. The van der Waals surface area contributed by atoms with Crippen LogP contribution in [0.3, 0.4) is 0 Å². The van der Waals surface area contributed by atoms with Crippen LogP contribution in [0.15, 0.2) is 59.4 Å². The molecule has 5 heteroatoms. The molecule has 0 N–H and O–H groups in total. The van der Waals surface area contributed by atoms with Crippen molar-refractivity contribution < 1.29 is 4.79 Å². The Hall–Kier alpha value is -2.95. The summed E-state index contributed by atoms with van der Waals surface area (Å²) >= 11 is 0. The molecular formula is C23H27N3O2. The Labute approximate surface area is 165 Å². The number of para-hydroxylation sites is 1. The van der Waals surface area contributed by atoms with Crippen molar-refractivity contribution in [1.82, 2.24) is 14.5 Å². The van der Waals surface area contributed by atoms with Crippen LogP contribution in [0.25, 0.3) is 10.9 Å². The highest BCUT2D eigenvalue weighted by molar-refractivity contribution is 5.94. The molecule has 1 aromatic heterocycles. The molecule has 1 unspecified atom stereocenters. The van der Waals surface area contributed by atoms with Gasteiger partial charge in [-0.25, -0.2) is 4.98 Å². The van der Waals surface area contributed by atoms with Crippen LogP contribution >= 0.6 is 0 Å². The zero-order valence-electron chi connectivity index (χ0n) is 16.8. The van der Waals surface area contributed by atoms with Crippen LogP contribution in [0.4, 0.5) is 0 Å². The molecule has 0 saturated heterocycles. The van der Waals surface area contributed by atoms with Crippen LogP contribution in [0.1, 0.15) is 55.8 Å². The monoisotopic (exact) mass is 377 g/mol. The summed E-state index contributed by atoms with van der Waals surface area (Å²) in [7, 11) is 0. The van der Waals surface area contributed by atoms with Gasteiger partial charge in [0.25, 0.3) is 11.5 Å². The second-order valence-corrected chi connectivity index (χ2v) is 6.83. The second kappa shape index (κ2) is 8.83. The number of aromatic nitrogens is 2. The van der Waals surface area contributed by atoms with E-state index in [-0.39, 0.29) is 17.5 Å². The van der Waals surface area contributed by atoms with Crippen molar-refractivity contribution in [3.63, 3.8) is 0 Å². The number of carbonyl (C=O) groups excluding carboxylic acids is 1. The fraction of sp³-hybridized carbons (Fsp3) is 0.348. The zero-order valence-corrected chi connectivity index (χ0v) is 16.8. The van der Waals surface area contributed by atoms with Crippen molar-refractivity contribution in [2.75, 3.05) is 6.54 Å². The molecule has 0 spiro atoms. The Bertz CT molecular complexity index is 1010. The Morgan fingerprint density at radius 2 is 1.71 bits per heavy atom. The van der Waals surface area contributed by atoms with Crippen molar-refractivity contribution in [3.8, 4) is 0 Å². The minimum Gasteiger partial charge on any atom is -0.329 e. The smallest absolute Gasteiger partial charge is 0.261 e. The number of hydrogen-bond acceptors (Lipinski definition) is 3. The van der Waals surface area contributed by atoms with Crippen LogP contribution in [-0.2, 0) is 6.54 Å². The van der Waals surface area contributed by atoms with Crippen LogP contribution in [0.2, 0.25) is 0 Å². The van der Waals surface area contributed by atoms with Gasteiger partial charge in [-0.2, -0.15) is 0 Å². The van der Waals surface area contributed by atoms with E-state index >= 15 is 0 Å². The van der Waals surface area contributed by atoms with Crippen LogP contribution in [0, 0.1) is 0 Å². The van der Waals surface area contributed by atoms with Gasteiger partial charge in [0.1, 0.15) is 5.82 Å². The number of benzene rings is 2. The van der Waals surface area contributed by atoms with Gasteiger partial charge in [0.2, 0.25) is 0 Å². The van der Waals surface area contributed by atoms with Gasteiger partial charge in [0.15, 0.2) is 0 Å². The van der Waals surface area contributed by atoms with Crippen LogP contribution < -0.4 is 5.56 Å². The molecule has 0 saturated carbocycles. The molecule has 2 aromatic carbocycles. The fourth-order valence-electron chi connectivity index (χ4n) is 3.67. The third-order valence-electron chi connectivity index (χ3n) is 5.02. The summed E-state index contributed by atoms with van der Waals surface area (Å²) in [4.78, 5) is 33.0. The van der Waals surface area contributed by atoms with E-state index in [4.69, 9.17) is 4.98 Å². The van der Waals surface area contributed by atoms with E-state index in [1.54, 1.807) is 4.57 Å². The second-order valence-electron chi connectivity index (χ2n) is 6.83. The summed E-state index contributed by atoms with van der Waals surface area (Å²) in [5, 5.41) is 0.618. The largest absolute Gasteiger partial charge is 0.329 e. The van der Waals surface area contributed by atoms with E-state index in [1.165, 1.54) is 0 Å². The molecule has 0 aliphatic heterocycles. The van der Waals surface area contributed by atoms with Crippen LogP contribution in [0.5, 0.6) is 0 Å². The lowest BCUT2D eigenvalue weighted by Crippen LogP contribution is -2.38. The third kappa shape index (κ3) is 3.70. The van der Waals surface area contributed by atoms with Gasteiger partial charge in [-0.05, 0) is 44.0 Å². The van der Waals surface area contributed by atoms with E-state index in [2.05, 4.69) is 0 Å². The molecule has 0 aliphatic rings. The molecule has 146 valence electrons. The average molecular weight is 377 g/mol. The summed E-state index contributed by atoms with van der Waals surface area (Å²) < 4.78 is 1.75. The maximum absolute atomic E-state index is 13.2. The normalized spacial score (nSPS) is 12.1. The molecule has 28 heavy (non-hydrogen) atoms. The molecule has 3 rings (SSSR count). The predicted octanol–water partition coefficient (Wildman–Crippen LogP) is 4.42. The molecule has 1 heterocycles. The summed E-state index contributed by atoms with van der Waals surface area (Å²) in [6.07, 6.45) is 1.50. The first-order valence-electron chi connectivity index (χ1n) is 9.97. The van der Waals surface area contributed by atoms with E-state index in [0.29, 0.717) is 41.8 Å². The Balaban J connectivity index is 2.15. The van der Waals surface area contributed by atoms with Crippen molar-refractivity contribution in [2.24, 2.45) is 0 Å². The van der Waals surface area contributed by atoms with Crippen molar-refractivity contribution in [3.05, 3.63) is 76.3 Å². The van der Waals surface area contributed by atoms with Gasteiger partial charge in [-0.15, -0.1) is 0 Å². The summed E-state index contributed by atoms with van der Waals surface area (Å²) in [6, 6.07) is 16.4. The molecule has 1 atom stereocenters. The zero-order chi connectivity index (χ0) is 20.1. The number of fused-ring (bicyclic) bond motifs is 1. The first kappa shape index (κ1) is 19.8. The molecule has 0 aliphatic carbocycles. The Kier molecular flexibility index (Phi) is 6.24. The minimum absolute atomic E-state index is 0.0379. The average Bonchev–Trinajstić information content (AvgIpc) is 2.74. The number of nitrogens with zero attached hydrogens (tertiary/aromatic N) is 3. The van der Waals surface area contributed by atoms with Gasteiger partial charge < -0.3 is 4.90 Å². The summed E-state index contributed by atoms with van der Waals surface area (Å²) in [5.74, 6) is 0.625. The summed E-state index contributed by atoms with van der Waals surface area (Å²) in [6.45, 7) is 7.16. The molecule has 1 amide bonds. The highest BCUT2D eigenvalue weighted by Gasteiger charge is 2.27. The quantitative estimate of drug-likeness (QED) is 0.612. The standard InChI is InChI=1S/C23H27N3O2/c1-4-16-26-21(24-19-15-11-10-14-18(19)23(26)28)20(5-2)25(6-3)22(27)17-12-8-7-9-13-17/h7-15,20H,4-6,16H2,1-3H3. The Morgan fingerprint density at radius 1 is 1.04 bits per heavy atom. The number of amides is 1. The lowest BCUT2D eigenvalue weighted by molar-refractivity contribution is 0.0669. The first-order chi connectivity index (χ1) is 13.6. The van der Waals surface area contributed by atoms with Crippen molar-refractivity contribution >= 4 is 16.8 Å². The lowest BCUT2D eigenvalue weighted by atomic mass is 10.1. The Morgan fingerprint density at radius 3 is 2.36 bits per heavy atom. The van der Waals surface area contributed by atoms with E-state index in [0.717, 1.165) is 6.42 Å². The molecule has 5 nitrogen and oxygen atoms in total. The van der Waals surface area contributed by atoms with E-state index in [1.807, 2.05) is 80.3 Å². The van der Waals surface area contributed by atoms with Gasteiger partial charge in [0.05, 0.1) is 16.9 Å². The third-order valence-corrected chi connectivity index (χ3v) is 5.02. The lowest BCUT2D eigenvalue weighted by Gasteiger charge is -2.31. The number of rotatable bonds is 7. The highest BCUT2D eigenvalue weighted by atomic mass is 16.2. The van der Waals surface area contributed by atoms with Crippen molar-refractivity contribution in [2.45, 2.75) is 46.2 Å². The maximum Gasteiger partial charge on any atom is 0.261 e. The van der Waals surface area contributed by atoms with Gasteiger partial charge in [-0.1, -0.05) is 44.2 Å². The predicted molar refractivity (Wildman–Crippen MR) is 112 cm³/mol. The molecule has 3 aromatic rings. The number of hydrogen-bond donors (Lipinski definition) is 0. The fourth-order valence-corrected chi connectivity index (χ4v) is 3.67. The van der Waals surface area contributed by atoms with E-state index < -0.39 is 0 Å². The van der Waals surface area contributed by atoms with Gasteiger partial charge in [0, 0.05) is 18.7 Å². The maximum atomic E-state index is 13.2. The van der Waals surface area contributed by atoms with E-state index in [9.17, 15) is 9.59 Å². The summed E-state index contributed by atoms with van der Waals surface area (Å²) in [5.41, 5.74) is 1.29. The number of carbonyl (C=O) groups is 1. The van der Waals surface area contributed by atoms with Gasteiger partial charge >= 0.3 is 0 Å². The first-order valence-corrected chi connectivity index (χ1v) is 9.97. The van der Waals surface area contributed by atoms with Gasteiger partial charge in [-0.3, -0.25) is 14.2 Å².